The summed E-state index contributed by atoms with van der Waals surface area (Å²) in [6, 6.07) is 8.31. The predicted octanol–water partition coefficient (Wildman–Crippen LogP) is 3.85. The van der Waals surface area contributed by atoms with E-state index in [2.05, 4.69) is 48.4 Å². The second kappa shape index (κ2) is 6.22. The molecule has 1 aromatic heterocycles. The van der Waals surface area contributed by atoms with Crippen LogP contribution in [0.5, 0.6) is 5.75 Å². The number of nitrogens with zero attached hydrogens (tertiary/aromatic N) is 2. The van der Waals surface area contributed by atoms with E-state index in [0.717, 1.165) is 22.3 Å². The smallest absolute Gasteiger partial charge is 0.205 e. The van der Waals surface area contributed by atoms with Gasteiger partial charge in [0.15, 0.2) is 5.01 Å². The van der Waals surface area contributed by atoms with Gasteiger partial charge in [0, 0.05) is 7.05 Å². The molecule has 0 aliphatic carbocycles. The quantitative estimate of drug-likeness (QED) is 0.878. The zero-order chi connectivity index (χ0) is 14.6. The number of hydrogen-bond donors (Lipinski definition) is 1. The highest BCUT2D eigenvalue weighted by Gasteiger charge is 2.17. The Labute approximate surface area is 124 Å². The van der Waals surface area contributed by atoms with Gasteiger partial charge in [-0.3, -0.25) is 0 Å². The lowest BCUT2D eigenvalue weighted by Crippen LogP contribution is -2.15. The zero-order valence-electron chi connectivity index (χ0n) is 12.4. The van der Waals surface area contributed by atoms with Gasteiger partial charge in [0.05, 0.1) is 0 Å². The van der Waals surface area contributed by atoms with Crippen LogP contribution < -0.4 is 10.1 Å². The van der Waals surface area contributed by atoms with E-state index in [1.165, 1.54) is 16.9 Å². The number of hydrogen-bond acceptors (Lipinski definition) is 5. The molecule has 20 heavy (non-hydrogen) atoms. The van der Waals surface area contributed by atoms with Crippen LogP contribution in [0, 0.1) is 0 Å². The van der Waals surface area contributed by atoms with Crippen molar-refractivity contribution in [2.45, 2.75) is 39.2 Å². The Morgan fingerprint density at radius 1 is 1.20 bits per heavy atom. The molecule has 108 valence electrons. The first kappa shape index (κ1) is 14.8. The van der Waals surface area contributed by atoms with Crippen molar-refractivity contribution < 1.29 is 4.74 Å². The number of ether oxygens (including phenoxy) is 1. The first-order valence-corrected chi connectivity index (χ1v) is 7.60. The maximum absolute atomic E-state index is 5.73. The highest BCUT2D eigenvalue weighted by molar-refractivity contribution is 7.15. The van der Waals surface area contributed by atoms with Gasteiger partial charge in [-0.2, -0.15) is 0 Å². The fraction of sp³-hybridized carbons (Fsp3) is 0.467. The van der Waals surface area contributed by atoms with Crippen LogP contribution in [0.3, 0.4) is 0 Å². The average molecular weight is 291 g/mol. The zero-order valence-corrected chi connectivity index (χ0v) is 13.3. The molecule has 0 aliphatic heterocycles. The summed E-state index contributed by atoms with van der Waals surface area (Å²) in [5.74, 6) is 0.863. The van der Waals surface area contributed by atoms with Crippen LogP contribution in [0.1, 0.15) is 37.8 Å². The lowest BCUT2D eigenvalue weighted by molar-refractivity contribution is 0.304. The van der Waals surface area contributed by atoms with Crippen LogP contribution in [-0.2, 0) is 12.0 Å². The third kappa shape index (κ3) is 3.48. The minimum Gasteiger partial charge on any atom is -0.486 e. The summed E-state index contributed by atoms with van der Waals surface area (Å²) in [5.41, 5.74) is 1.54. The Hall–Kier alpha value is -1.62. The number of nitrogens with one attached hydrogen (secondary N) is 1. The maximum atomic E-state index is 5.73. The second-order valence-corrected chi connectivity index (χ2v) is 6.36. The van der Waals surface area contributed by atoms with Gasteiger partial charge < -0.3 is 10.1 Å². The minimum absolute atomic E-state index is 0.208. The molecular formula is C15H21N3OS. The van der Waals surface area contributed by atoms with Crippen molar-refractivity contribution in [1.29, 1.82) is 0 Å². The molecule has 0 saturated carbocycles. The lowest BCUT2D eigenvalue weighted by Gasteiger charge is -2.23. The Morgan fingerprint density at radius 2 is 1.90 bits per heavy atom. The summed E-state index contributed by atoms with van der Waals surface area (Å²) in [4.78, 5) is 0. The summed E-state index contributed by atoms with van der Waals surface area (Å²) in [7, 11) is 1.83. The molecule has 0 amide bonds. The number of aromatic nitrogens is 2. The van der Waals surface area contributed by atoms with Gasteiger partial charge in [0.1, 0.15) is 12.4 Å². The predicted molar refractivity (Wildman–Crippen MR) is 83.5 cm³/mol. The number of anilines is 1. The third-order valence-corrected chi connectivity index (χ3v) is 4.48. The van der Waals surface area contributed by atoms with Crippen molar-refractivity contribution in [2.75, 3.05) is 12.4 Å². The van der Waals surface area contributed by atoms with Gasteiger partial charge in [0.2, 0.25) is 5.13 Å². The van der Waals surface area contributed by atoms with Crippen LogP contribution in [-0.4, -0.2) is 17.2 Å². The second-order valence-electron chi connectivity index (χ2n) is 5.30. The van der Waals surface area contributed by atoms with Crippen molar-refractivity contribution in [1.82, 2.24) is 10.2 Å². The van der Waals surface area contributed by atoms with Crippen molar-refractivity contribution >= 4 is 16.5 Å². The molecule has 2 aromatic rings. The largest absolute Gasteiger partial charge is 0.486 e. The normalized spacial score (nSPS) is 11.4. The van der Waals surface area contributed by atoms with E-state index in [4.69, 9.17) is 4.74 Å². The summed E-state index contributed by atoms with van der Waals surface area (Å²) >= 11 is 1.50. The van der Waals surface area contributed by atoms with Crippen molar-refractivity contribution in [3.05, 3.63) is 34.8 Å². The average Bonchev–Trinajstić information content (AvgIpc) is 2.93. The molecule has 0 radical (unpaired) electrons. The first-order chi connectivity index (χ1) is 9.55. The molecule has 1 aromatic carbocycles. The van der Waals surface area contributed by atoms with Gasteiger partial charge in [-0.05, 0) is 29.5 Å². The van der Waals surface area contributed by atoms with E-state index in [-0.39, 0.29) is 5.41 Å². The van der Waals surface area contributed by atoms with Crippen LogP contribution in [0.4, 0.5) is 5.13 Å². The molecule has 4 nitrogen and oxygen atoms in total. The first-order valence-electron chi connectivity index (χ1n) is 6.78. The number of benzene rings is 1. The van der Waals surface area contributed by atoms with Crippen LogP contribution >= 0.6 is 11.3 Å². The Balaban J connectivity index is 1.97. The topological polar surface area (TPSA) is 47.0 Å². The van der Waals surface area contributed by atoms with Crippen molar-refractivity contribution in [3.8, 4) is 5.75 Å². The molecule has 0 saturated heterocycles. The van der Waals surface area contributed by atoms with Gasteiger partial charge in [-0.25, -0.2) is 0 Å². The molecule has 0 aliphatic rings. The van der Waals surface area contributed by atoms with Crippen molar-refractivity contribution in [3.63, 3.8) is 0 Å². The van der Waals surface area contributed by atoms with Crippen molar-refractivity contribution in [2.24, 2.45) is 0 Å². The third-order valence-electron chi connectivity index (χ3n) is 3.56. The Morgan fingerprint density at radius 3 is 2.45 bits per heavy atom. The standard InChI is InChI=1S/C15H21N3OS/c1-5-15(2,3)11-6-8-12(9-7-11)19-10-13-17-18-14(16-4)20-13/h6-9H,5,10H2,1-4H3,(H,16,18). The van der Waals surface area contributed by atoms with Crippen LogP contribution in [0.2, 0.25) is 0 Å². The van der Waals surface area contributed by atoms with E-state index in [9.17, 15) is 0 Å². The maximum Gasteiger partial charge on any atom is 0.205 e. The van der Waals surface area contributed by atoms with E-state index in [1.54, 1.807) is 0 Å². The van der Waals surface area contributed by atoms with Gasteiger partial charge in [0.25, 0.3) is 0 Å². The summed E-state index contributed by atoms with van der Waals surface area (Å²) in [6.45, 7) is 7.17. The molecule has 0 spiro atoms. The molecule has 2 rings (SSSR count). The van der Waals surface area contributed by atoms with Crippen LogP contribution in [0.15, 0.2) is 24.3 Å². The highest BCUT2D eigenvalue weighted by Crippen LogP contribution is 2.28. The van der Waals surface area contributed by atoms with Gasteiger partial charge in [-0.1, -0.05) is 44.2 Å². The van der Waals surface area contributed by atoms with E-state index in [1.807, 2.05) is 19.2 Å². The SMILES string of the molecule is CCC(C)(C)c1ccc(OCc2nnc(NC)s2)cc1. The fourth-order valence-corrected chi connectivity index (χ4v) is 2.37. The van der Waals surface area contributed by atoms with Gasteiger partial charge >= 0.3 is 0 Å². The van der Waals surface area contributed by atoms with E-state index < -0.39 is 0 Å². The molecule has 5 heteroatoms. The summed E-state index contributed by atoms with van der Waals surface area (Å²) in [5, 5.41) is 12.7. The molecule has 1 heterocycles. The Kier molecular flexibility index (Phi) is 4.60. The fourth-order valence-electron chi connectivity index (χ4n) is 1.76. The van der Waals surface area contributed by atoms with Gasteiger partial charge in [-0.15, -0.1) is 10.2 Å². The van der Waals surface area contributed by atoms with Crippen LogP contribution in [0.25, 0.3) is 0 Å². The minimum atomic E-state index is 0.208. The molecule has 0 atom stereocenters. The molecule has 0 unspecified atom stereocenters. The Bertz CT molecular complexity index is 549. The summed E-state index contributed by atoms with van der Waals surface area (Å²) < 4.78 is 5.73. The summed E-state index contributed by atoms with van der Waals surface area (Å²) in [6.07, 6.45) is 1.12. The molecule has 1 N–H and O–H groups in total. The number of rotatable bonds is 6. The molecule has 0 bridgehead atoms. The molecular weight excluding hydrogens is 270 g/mol. The monoisotopic (exact) mass is 291 g/mol. The van der Waals surface area contributed by atoms with E-state index >= 15 is 0 Å². The van der Waals surface area contributed by atoms with E-state index in [0.29, 0.717) is 6.61 Å². The molecule has 0 fully saturated rings. The lowest BCUT2D eigenvalue weighted by atomic mass is 9.82. The highest BCUT2D eigenvalue weighted by atomic mass is 32.1.